The second kappa shape index (κ2) is 10.1. The molecule has 1 unspecified atom stereocenters. The molecule has 0 bridgehead atoms. The third-order valence-corrected chi connectivity index (χ3v) is 1.95. The van der Waals surface area contributed by atoms with Crippen LogP contribution in [0.4, 0.5) is 0 Å². The van der Waals surface area contributed by atoms with E-state index in [1.165, 1.54) is 0 Å². The highest BCUT2D eigenvalue weighted by atomic mass is 32.2. The normalized spacial score (nSPS) is 12.8. The number of aliphatic hydroxyl groups excluding tert-OH is 1. The first-order valence-corrected chi connectivity index (χ1v) is 5.38. The summed E-state index contributed by atoms with van der Waals surface area (Å²) < 4.78 is 10.5. The average molecular weight is 206 g/mol. The van der Waals surface area contributed by atoms with Crippen molar-refractivity contribution >= 4 is 11.8 Å². The molecule has 0 heterocycles. The Morgan fingerprint density at radius 2 is 2.31 bits per heavy atom. The monoisotopic (exact) mass is 206 g/mol. The Bertz CT molecular complexity index is 119. The first kappa shape index (κ1) is 13.0. The van der Waals surface area contributed by atoms with Gasteiger partial charge in [-0.15, -0.1) is 11.8 Å². The molecule has 13 heavy (non-hydrogen) atoms. The lowest BCUT2D eigenvalue weighted by Gasteiger charge is -2.11. The summed E-state index contributed by atoms with van der Waals surface area (Å²) in [5.74, 6) is 0.927. The molecule has 0 rings (SSSR count). The van der Waals surface area contributed by atoms with E-state index in [9.17, 15) is 0 Å². The van der Waals surface area contributed by atoms with Crippen molar-refractivity contribution in [1.82, 2.24) is 0 Å². The number of hydrogen-bond donors (Lipinski definition) is 1. The van der Waals surface area contributed by atoms with Crippen LogP contribution in [0.3, 0.4) is 0 Å². The zero-order valence-electron chi connectivity index (χ0n) is 8.07. The lowest BCUT2D eigenvalue weighted by molar-refractivity contribution is -0.0149. The van der Waals surface area contributed by atoms with Gasteiger partial charge in [0, 0.05) is 5.75 Å². The minimum atomic E-state index is 0.0564. The van der Waals surface area contributed by atoms with Crippen molar-refractivity contribution in [1.29, 1.82) is 0 Å². The van der Waals surface area contributed by atoms with Crippen LogP contribution in [0.2, 0.25) is 0 Å². The summed E-state index contributed by atoms with van der Waals surface area (Å²) in [6, 6.07) is 0. The zero-order chi connectivity index (χ0) is 9.94. The number of rotatable bonds is 9. The van der Waals surface area contributed by atoms with Crippen LogP contribution < -0.4 is 0 Å². The molecule has 1 atom stereocenters. The average Bonchev–Trinajstić information content (AvgIpc) is 2.14. The summed E-state index contributed by atoms with van der Waals surface area (Å²) in [6.07, 6.45) is 0.0564. The minimum absolute atomic E-state index is 0.0564. The second-order valence-electron chi connectivity index (χ2n) is 2.52. The van der Waals surface area contributed by atoms with E-state index in [2.05, 4.69) is 6.58 Å². The third-order valence-electron chi connectivity index (χ3n) is 1.31. The van der Waals surface area contributed by atoms with E-state index >= 15 is 0 Å². The molecule has 0 aliphatic heterocycles. The molecule has 0 spiro atoms. The Morgan fingerprint density at radius 1 is 1.54 bits per heavy atom. The van der Waals surface area contributed by atoms with Crippen LogP contribution in [0.5, 0.6) is 0 Å². The van der Waals surface area contributed by atoms with Crippen LogP contribution in [-0.2, 0) is 9.47 Å². The first-order chi connectivity index (χ1) is 6.31. The number of aliphatic hydroxyl groups is 1. The predicted molar refractivity (Wildman–Crippen MR) is 56.0 cm³/mol. The standard InChI is InChI=1S/C9H18O3S/c1-3-13-7-6-11-8-9(2)12-5-4-10/h3,9-10H,1,4-8H2,2H3. The SMILES string of the molecule is C=CSCCOCC(C)OCCO. The fourth-order valence-corrected chi connectivity index (χ4v) is 1.12. The van der Waals surface area contributed by atoms with E-state index in [1.807, 2.05) is 6.92 Å². The first-order valence-electron chi connectivity index (χ1n) is 4.34. The van der Waals surface area contributed by atoms with Crippen LogP contribution in [0, 0.1) is 0 Å². The highest BCUT2D eigenvalue weighted by Crippen LogP contribution is 1.99. The van der Waals surface area contributed by atoms with Crippen molar-refractivity contribution < 1.29 is 14.6 Å². The Balaban J connectivity index is 3.07. The highest BCUT2D eigenvalue weighted by Gasteiger charge is 2.00. The van der Waals surface area contributed by atoms with E-state index in [1.54, 1.807) is 17.2 Å². The Morgan fingerprint density at radius 3 is 2.92 bits per heavy atom. The van der Waals surface area contributed by atoms with E-state index in [-0.39, 0.29) is 12.7 Å². The number of hydrogen-bond acceptors (Lipinski definition) is 4. The molecule has 78 valence electrons. The zero-order valence-corrected chi connectivity index (χ0v) is 8.89. The van der Waals surface area contributed by atoms with Crippen LogP contribution in [0.1, 0.15) is 6.92 Å². The Kier molecular flexibility index (Phi) is 10.0. The van der Waals surface area contributed by atoms with Crippen LogP contribution in [-0.4, -0.2) is 43.4 Å². The summed E-state index contributed by atoms with van der Waals surface area (Å²) in [5, 5.41) is 10.3. The highest BCUT2D eigenvalue weighted by molar-refractivity contribution is 8.02. The smallest absolute Gasteiger partial charge is 0.0781 e. The van der Waals surface area contributed by atoms with Gasteiger partial charge in [-0.25, -0.2) is 0 Å². The van der Waals surface area contributed by atoms with Crippen molar-refractivity contribution in [3.05, 3.63) is 12.0 Å². The summed E-state index contributed by atoms with van der Waals surface area (Å²) in [5.41, 5.74) is 0. The van der Waals surface area contributed by atoms with Gasteiger partial charge in [0.05, 0.1) is 32.5 Å². The third kappa shape index (κ3) is 9.89. The molecular formula is C9H18O3S. The second-order valence-corrected chi connectivity index (χ2v) is 3.59. The van der Waals surface area contributed by atoms with Gasteiger partial charge in [-0.05, 0) is 12.3 Å². The minimum Gasteiger partial charge on any atom is -0.394 e. The summed E-state index contributed by atoms with van der Waals surface area (Å²) in [6.45, 7) is 7.26. The van der Waals surface area contributed by atoms with Gasteiger partial charge in [0.25, 0.3) is 0 Å². The van der Waals surface area contributed by atoms with Crippen LogP contribution in [0.15, 0.2) is 12.0 Å². The van der Waals surface area contributed by atoms with Gasteiger partial charge in [-0.3, -0.25) is 0 Å². The molecule has 0 saturated carbocycles. The number of thioether (sulfide) groups is 1. The van der Waals surface area contributed by atoms with Crippen molar-refractivity contribution in [2.24, 2.45) is 0 Å². The van der Waals surface area contributed by atoms with Gasteiger partial charge in [-0.2, -0.15) is 0 Å². The molecular weight excluding hydrogens is 188 g/mol. The Hall–Kier alpha value is -0.0300. The summed E-state index contributed by atoms with van der Waals surface area (Å²) >= 11 is 1.64. The van der Waals surface area contributed by atoms with Crippen LogP contribution in [0.25, 0.3) is 0 Å². The molecule has 0 saturated heterocycles. The molecule has 0 radical (unpaired) electrons. The molecule has 0 aliphatic carbocycles. The van der Waals surface area contributed by atoms with Gasteiger partial charge in [0.2, 0.25) is 0 Å². The molecule has 0 aromatic heterocycles. The predicted octanol–water partition coefficient (Wildman–Crippen LogP) is 1.28. The number of ether oxygens (including phenoxy) is 2. The largest absolute Gasteiger partial charge is 0.394 e. The van der Waals surface area contributed by atoms with E-state index in [4.69, 9.17) is 14.6 Å². The molecule has 3 nitrogen and oxygen atoms in total. The van der Waals surface area contributed by atoms with E-state index in [0.29, 0.717) is 19.8 Å². The van der Waals surface area contributed by atoms with E-state index < -0.39 is 0 Å². The molecule has 0 aliphatic rings. The van der Waals surface area contributed by atoms with Crippen molar-refractivity contribution in [2.45, 2.75) is 13.0 Å². The van der Waals surface area contributed by atoms with Gasteiger partial charge in [0.1, 0.15) is 0 Å². The molecule has 0 aromatic carbocycles. The van der Waals surface area contributed by atoms with Gasteiger partial charge in [-0.1, -0.05) is 6.58 Å². The van der Waals surface area contributed by atoms with E-state index in [0.717, 1.165) is 5.75 Å². The topological polar surface area (TPSA) is 38.7 Å². The maximum absolute atomic E-state index is 8.48. The summed E-state index contributed by atoms with van der Waals surface area (Å²) in [7, 11) is 0. The van der Waals surface area contributed by atoms with Crippen LogP contribution >= 0.6 is 11.8 Å². The van der Waals surface area contributed by atoms with Crippen molar-refractivity contribution in [3.8, 4) is 0 Å². The van der Waals surface area contributed by atoms with Crippen molar-refractivity contribution in [2.75, 3.05) is 32.2 Å². The fraction of sp³-hybridized carbons (Fsp3) is 0.778. The van der Waals surface area contributed by atoms with Gasteiger partial charge in [0.15, 0.2) is 0 Å². The van der Waals surface area contributed by atoms with Gasteiger partial charge >= 0.3 is 0 Å². The maximum Gasteiger partial charge on any atom is 0.0781 e. The quantitative estimate of drug-likeness (QED) is 0.577. The van der Waals surface area contributed by atoms with Crippen molar-refractivity contribution in [3.63, 3.8) is 0 Å². The lowest BCUT2D eigenvalue weighted by Crippen LogP contribution is -2.18. The Labute approximate surface area is 84.1 Å². The lowest BCUT2D eigenvalue weighted by atomic mass is 10.4. The molecule has 1 N–H and O–H groups in total. The molecule has 0 fully saturated rings. The maximum atomic E-state index is 8.48. The van der Waals surface area contributed by atoms with Gasteiger partial charge < -0.3 is 14.6 Å². The molecule has 0 aromatic rings. The summed E-state index contributed by atoms with van der Waals surface area (Å²) in [4.78, 5) is 0. The fourth-order valence-electron chi connectivity index (χ4n) is 0.742. The molecule has 4 heteroatoms. The molecule has 0 amide bonds.